The van der Waals surface area contributed by atoms with E-state index in [0.29, 0.717) is 31.2 Å². The summed E-state index contributed by atoms with van der Waals surface area (Å²) in [7, 11) is 0. The van der Waals surface area contributed by atoms with Crippen LogP contribution in [0.5, 0.6) is 0 Å². The van der Waals surface area contributed by atoms with E-state index in [-0.39, 0.29) is 34.8 Å². The lowest BCUT2D eigenvalue weighted by molar-refractivity contribution is -0.143. The summed E-state index contributed by atoms with van der Waals surface area (Å²) in [5.41, 5.74) is 7.85. The first kappa shape index (κ1) is 23.3. The number of benzene rings is 3. The Kier molecular flexibility index (Phi) is 6.82. The molecule has 0 heterocycles. The molecule has 176 valence electrons. The zero-order chi connectivity index (χ0) is 24.2. The van der Waals surface area contributed by atoms with Gasteiger partial charge in [-0.15, -0.1) is 0 Å². The lowest BCUT2D eigenvalue weighted by atomic mass is 9.87. The molecular weight excluding hydrogens is 438 g/mol. The van der Waals surface area contributed by atoms with Crippen LogP contribution in [-0.2, 0) is 9.53 Å². The lowest BCUT2D eigenvalue weighted by Gasteiger charge is -2.27. The Morgan fingerprint density at radius 1 is 0.971 bits per heavy atom. The van der Waals surface area contributed by atoms with Crippen LogP contribution in [0, 0.1) is 17.6 Å². The summed E-state index contributed by atoms with van der Waals surface area (Å²) in [5, 5.41) is 11.8. The predicted molar refractivity (Wildman–Crippen MR) is 129 cm³/mol. The molecule has 0 aromatic heterocycles. The van der Waals surface area contributed by atoms with Crippen molar-refractivity contribution < 1.29 is 23.4 Å². The maximum Gasteiger partial charge on any atom is 0.306 e. The topological polar surface area (TPSA) is 84.6 Å². The summed E-state index contributed by atoms with van der Waals surface area (Å²) in [6.07, 6.45) is 1.93. The number of nitrogens with two attached hydrogens (primary N) is 1. The van der Waals surface area contributed by atoms with E-state index in [1.807, 2.05) is 30.3 Å². The van der Waals surface area contributed by atoms with Gasteiger partial charge in [-0.25, -0.2) is 8.78 Å². The molecule has 3 aromatic rings. The number of hydrogen-bond acceptors (Lipinski definition) is 4. The van der Waals surface area contributed by atoms with Crippen molar-refractivity contribution >= 4 is 17.3 Å². The van der Waals surface area contributed by atoms with Crippen molar-refractivity contribution in [2.75, 3.05) is 11.1 Å². The summed E-state index contributed by atoms with van der Waals surface area (Å²) in [4.78, 5) is 11.1. The van der Waals surface area contributed by atoms with Crippen LogP contribution >= 0.6 is 0 Å². The Bertz CT molecular complexity index is 1190. The zero-order valence-electron chi connectivity index (χ0n) is 18.6. The first-order valence-electron chi connectivity index (χ1n) is 11.1. The van der Waals surface area contributed by atoms with Gasteiger partial charge in [0.25, 0.3) is 0 Å². The zero-order valence-corrected chi connectivity index (χ0v) is 18.6. The van der Waals surface area contributed by atoms with Crippen molar-refractivity contribution in [2.45, 2.75) is 31.8 Å². The van der Waals surface area contributed by atoms with E-state index in [4.69, 9.17) is 15.6 Å². The van der Waals surface area contributed by atoms with Crippen LogP contribution < -0.4 is 11.1 Å². The van der Waals surface area contributed by atoms with Crippen LogP contribution in [0.1, 0.15) is 25.7 Å². The number of carboxylic acids is 1. The molecule has 0 bridgehead atoms. The van der Waals surface area contributed by atoms with Crippen molar-refractivity contribution in [2.24, 2.45) is 5.92 Å². The van der Waals surface area contributed by atoms with Crippen LogP contribution in [-0.4, -0.2) is 17.2 Å². The number of ether oxygens (including phenoxy) is 1. The van der Waals surface area contributed by atoms with Crippen LogP contribution in [0.3, 0.4) is 0 Å². The first-order chi connectivity index (χ1) is 16.3. The second kappa shape index (κ2) is 9.95. The predicted octanol–water partition coefficient (Wildman–Crippen LogP) is 6.42. The van der Waals surface area contributed by atoms with Gasteiger partial charge < -0.3 is 20.9 Å². The van der Waals surface area contributed by atoms with E-state index in [1.54, 1.807) is 24.3 Å². The molecule has 0 amide bonds. The molecule has 0 unspecified atom stereocenters. The molecule has 3 aromatic carbocycles. The fourth-order valence-electron chi connectivity index (χ4n) is 4.27. The molecule has 34 heavy (non-hydrogen) atoms. The molecule has 0 spiro atoms. The maximum atomic E-state index is 15.1. The Morgan fingerprint density at radius 2 is 1.56 bits per heavy atom. The minimum absolute atomic E-state index is 0.0175. The Labute approximate surface area is 196 Å². The first-order valence-corrected chi connectivity index (χ1v) is 11.1. The summed E-state index contributed by atoms with van der Waals surface area (Å²) in [5.74, 6) is -2.71. The average Bonchev–Trinajstić information content (AvgIpc) is 2.84. The number of anilines is 2. The quantitative estimate of drug-likeness (QED) is 0.277. The monoisotopic (exact) mass is 464 g/mol. The summed E-state index contributed by atoms with van der Waals surface area (Å²) < 4.78 is 35.8. The van der Waals surface area contributed by atoms with Crippen LogP contribution in [0.4, 0.5) is 20.2 Å². The molecule has 1 aliphatic rings. The van der Waals surface area contributed by atoms with Gasteiger partial charge in [-0.3, -0.25) is 4.79 Å². The number of aliphatic carboxylic acids is 1. The molecule has 1 saturated carbocycles. The highest BCUT2D eigenvalue weighted by molar-refractivity contribution is 5.79. The minimum Gasteiger partial charge on any atom is -0.481 e. The Balaban J connectivity index is 1.47. The molecule has 0 radical (unpaired) electrons. The Hall–Kier alpha value is -3.87. The van der Waals surface area contributed by atoms with E-state index >= 15 is 4.39 Å². The van der Waals surface area contributed by atoms with Gasteiger partial charge in [0.1, 0.15) is 11.9 Å². The number of hydrogen-bond donors (Lipinski definition) is 3. The summed E-state index contributed by atoms with van der Waals surface area (Å²) in [6.45, 7) is 3.77. The molecule has 4 N–H and O–H groups in total. The molecule has 4 rings (SSSR count). The lowest BCUT2D eigenvalue weighted by Crippen LogP contribution is -2.26. The number of nitrogen functional groups attached to an aromatic ring is 1. The van der Waals surface area contributed by atoms with Crippen molar-refractivity contribution in [1.29, 1.82) is 0 Å². The molecule has 7 heteroatoms. The van der Waals surface area contributed by atoms with Gasteiger partial charge in [0.15, 0.2) is 11.7 Å². The second-order valence-corrected chi connectivity index (χ2v) is 8.43. The van der Waals surface area contributed by atoms with E-state index in [2.05, 4.69) is 11.9 Å². The standard InChI is InChI=1S/C27H26F2N2O3/c1-16(34-21-13-11-20(12-14-21)27(32)33)31-23-15-22(28)24(25(29)26(23)30)19-9-7-18(8-10-19)17-5-3-2-4-6-17/h2-10,15,20-21,31H,1,11-14,30H2,(H,32,33). The van der Waals surface area contributed by atoms with Gasteiger partial charge in [0, 0.05) is 6.07 Å². The summed E-state index contributed by atoms with van der Waals surface area (Å²) >= 11 is 0. The van der Waals surface area contributed by atoms with Gasteiger partial charge in [0.2, 0.25) is 0 Å². The number of halogens is 2. The molecule has 1 aliphatic carbocycles. The van der Waals surface area contributed by atoms with Crippen molar-refractivity contribution in [3.05, 3.63) is 84.8 Å². The molecule has 0 atom stereocenters. The van der Waals surface area contributed by atoms with E-state index < -0.39 is 17.6 Å². The molecule has 0 saturated heterocycles. The third-order valence-corrected chi connectivity index (χ3v) is 6.14. The smallest absolute Gasteiger partial charge is 0.306 e. The highest BCUT2D eigenvalue weighted by atomic mass is 19.1. The largest absolute Gasteiger partial charge is 0.481 e. The molecule has 0 aliphatic heterocycles. The fraction of sp³-hybridized carbons (Fsp3) is 0.222. The van der Waals surface area contributed by atoms with Crippen molar-refractivity contribution in [3.63, 3.8) is 0 Å². The van der Waals surface area contributed by atoms with Crippen LogP contribution in [0.15, 0.2) is 73.1 Å². The minimum atomic E-state index is -0.871. The SMILES string of the molecule is C=C(Nc1cc(F)c(-c2ccc(-c3ccccc3)cc2)c(F)c1N)OC1CCC(C(=O)O)CC1. The molecule has 1 fully saturated rings. The van der Waals surface area contributed by atoms with Gasteiger partial charge >= 0.3 is 5.97 Å². The van der Waals surface area contributed by atoms with Crippen molar-refractivity contribution in [1.82, 2.24) is 0 Å². The summed E-state index contributed by atoms with van der Waals surface area (Å²) in [6, 6.07) is 17.7. The van der Waals surface area contributed by atoms with Gasteiger partial charge in [-0.2, -0.15) is 0 Å². The van der Waals surface area contributed by atoms with E-state index in [9.17, 15) is 9.18 Å². The number of rotatable bonds is 7. The maximum absolute atomic E-state index is 15.1. The van der Waals surface area contributed by atoms with Crippen molar-refractivity contribution in [3.8, 4) is 22.3 Å². The molecular formula is C27H26F2N2O3. The number of nitrogens with one attached hydrogen (secondary N) is 1. The average molecular weight is 465 g/mol. The van der Waals surface area contributed by atoms with Gasteiger partial charge in [-0.1, -0.05) is 54.6 Å². The van der Waals surface area contributed by atoms with Gasteiger partial charge in [0.05, 0.1) is 22.9 Å². The van der Waals surface area contributed by atoms with Crippen LogP contribution in [0.2, 0.25) is 0 Å². The van der Waals surface area contributed by atoms with E-state index in [0.717, 1.165) is 17.2 Å². The number of carboxylic acid groups (broad SMARTS) is 1. The van der Waals surface area contributed by atoms with Gasteiger partial charge in [-0.05, 0) is 49.0 Å². The second-order valence-electron chi connectivity index (χ2n) is 8.43. The van der Waals surface area contributed by atoms with E-state index in [1.165, 1.54) is 0 Å². The van der Waals surface area contributed by atoms with Crippen LogP contribution in [0.25, 0.3) is 22.3 Å². The normalized spacial score (nSPS) is 17.7. The molecule has 5 nitrogen and oxygen atoms in total. The third kappa shape index (κ3) is 5.03. The highest BCUT2D eigenvalue weighted by Gasteiger charge is 2.27. The third-order valence-electron chi connectivity index (χ3n) is 6.14. The highest BCUT2D eigenvalue weighted by Crippen LogP contribution is 2.36. The number of carbonyl (C=O) groups is 1. The fourth-order valence-corrected chi connectivity index (χ4v) is 4.27. The Morgan fingerprint density at radius 3 is 2.18 bits per heavy atom.